The lowest BCUT2D eigenvalue weighted by molar-refractivity contribution is -0.139. The van der Waals surface area contributed by atoms with Gasteiger partial charge in [0.15, 0.2) is 5.89 Å². The minimum atomic E-state index is -0.821. The Morgan fingerprint density at radius 1 is 1.20 bits per heavy atom. The minimum absolute atomic E-state index is 0.0202. The van der Waals surface area contributed by atoms with Gasteiger partial charge in [-0.2, -0.15) is 0 Å². The number of likely N-dealkylation sites (N-methyl/N-ethyl adjacent to an activating group) is 1. The van der Waals surface area contributed by atoms with E-state index in [9.17, 15) is 9.59 Å². The number of amides is 2. The lowest BCUT2D eigenvalue weighted by Crippen LogP contribution is -2.60. The number of nitrogens with one attached hydrogen (secondary N) is 1. The highest BCUT2D eigenvalue weighted by Crippen LogP contribution is 2.31. The third-order valence-electron chi connectivity index (χ3n) is 5.03. The molecule has 1 heterocycles. The molecule has 0 saturated heterocycles. The first-order valence-corrected chi connectivity index (χ1v) is 9.43. The van der Waals surface area contributed by atoms with Crippen molar-refractivity contribution in [1.29, 1.82) is 0 Å². The second kappa shape index (κ2) is 8.02. The summed E-state index contributed by atoms with van der Waals surface area (Å²) in [6.07, 6.45) is 4.35. The van der Waals surface area contributed by atoms with Gasteiger partial charge in [0.05, 0.1) is 5.69 Å². The second-order valence-electron chi connectivity index (χ2n) is 7.20. The first-order chi connectivity index (χ1) is 11.8. The summed E-state index contributed by atoms with van der Waals surface area (Å²) in [5, 5.41) is 3.03. The van der Waals surface area contributed by atoms with Crippen LogP contribution in [-0.4, -0.2) is 40.3 Å². The molecule has 0 aliphatic heterocycles. The zero-order valence-electron chi connectivity index (χ0n) is 16.1. The number of aryl methyl sites for hydroxylation is 1. The Morgan fingerprint density at radius 2 is 1.80 bits per heavy atom. The van der Waals surface area contributed by atoms with Crippen LogP contribution in [0.3, 0.4) is 0 Å². The number of hydrogen-bond acceptors (Lipinski definition) is 4. The molecule has 140 valence electrons. The highest BCUT2D eigenvalue weighted by atomic mass is 16.4. The molecule has 0 aromatic carbocycles. The zero-order valence-corrected chi connectivity index (χ0v) is 16.1. The van der Waals surface area contributed by atoms with Gasteiger partial charge in [-0.15, -0.1) is 0 Å². The van der Waals surface area contributed by atoms with E-state index in [1.807, 2.05) is 27.7 Å². The van der Waals surface area contributed by atoms with E-state index in [4.69, 9.17) is 4.42 Å². The maximum Gasteiger partial charge on any atom is 0.289 e. The summed E-state index contributed by atoms with van der Waals surface area (Å²) in [6.45, 7) is 10.9. The molecule has 1 aliphatic rings. The van der Waals surface area contributed by atoms with E-state index < -0.39 is 5.54 Å². The molecule has 0 radical (unpaired) electrons. The first kappa shape index (κ1) is 19.5. The summed E-state index contributed by atoms with van der Waals surface area (Å²) in [6, 6.07) is 0. The van der Waals surface area contributed by atoms with Gasteiger partial charge in [-0.1, -0.05) is 33.1 Å². The molecule has 1 aliphatic carbocycles. The van der Waals surface area contributed by atoms with Gasteiger partial charge in [0, 0.05) is 19.0 Å². The smallest absolute Gasteiger partial charge is 0.289 e. The Kier molecular flexibility index (Phi) is 6.25. The highest BCUT2D eigenvalue weighted by molar-refractivity contribution is 5.98. The summed E-state index contributed by atoms with van der Waals surface area (Å²) in [7, 11) is 0. The average molecular weight is 349 g/mol. The van der Waals surface area contributed by atoms with E-state index in [1.165, 1.54) is 0 Å². The maximum atomic E-state index is 13.1. The Bertz CT molecular complexity index is 611. The number of rotatable bonds is 6. The average Bonchev–Trinajstić information content (AvgIpc) is 2.99. The van der Waals surface area contributed by atoms with E-state index in [0.717, 1.165) is 19.3 Å². The molecule has 0 atom stereocenters. The molecule has 0 spiro atoms. The number of oxazole rings is 1. The monoisotopic (exact) mass is 349 g/mol. The van der Waals surface area contributed by atoms with Gasteiger partial charge in [0.1, 0.15) is 5.54 Å². The SMILES string of the molecule is CCN(CC)C(=O)C1(NC(=O)c2oc(C(C)C)nc2C)CCCCC1. The number of hydrogen-bond donors (Lipinski definition) is 1. The molecule has 1 N–H and O–H groups in total. The fourth-order valence-corrected chi connectivity index (χ4v) is 3.51. The van der Waals surface area contributed by atoms with E-state index in [1.54, 1.807) is 11.8 Å². The van der Waals surface area contributed by atoms with Crippen molar-refractivity contribution in [1.82, 2.24) is 15.2 Å². The fraction of sp³-hybridized carbons (Fsp3) is 0.737. The number of aromatic nitrogens is 1. The molecular weight excluding hydrogens is 318 g/mol. The first-order valence-electron chi connectivity index (χ1n) is 9.43. The summed E-state index contributed by atoms with van der Waals surface area (Å²) < 4.78 is 5.67. The van der Waals surface area contributed by atoms with E-state index >= 15 is 0 Å². The van der Waals surface area contributed by atoms with Crippen LogP contribution in [0.25, 0.3) is 0 Å². The van der Waals surface area contributed by atoms with Crippen LogP contribution in [0.1, 0.15) is 87.9 Å². The molecule has 1 saturated carbocycles. The van der Waals surface area contributed by atoms with Crippen LogP contribution in [-0.2, 0) is 4.79 Å². The second-order valence-corrected chi connectivity index (χ2v) is 7.20. The Morgan fingerprint density at radius 3 is 2.28 bits per heavy atom. The molecule has 1 aromatic rings. The standard InChI is InChI=1S/C19H31N3O3/c1-6-22(7-2)18(24)19(11-9-8-10-12-19)21-16(23)15-14(5)20-17(25-15)13(3)4/h13H,6-12H2,1-5H3,(H,21,23). The molecule has 1 fully saturated rings. The van der Waals surface area contributed by atoms with Crippen LogP contribution in [0.2, 0.25) is 0 Å². The minimum Gasteiger partial charge on any atom is -0.435 e. The zero-order chi connectivity index (χ0) is 18.6. The highest BCUT2D eigenvalue weighted by Gasteiger charge is 2.43. The summed E-state index contributed by atoms with van der Waals surface area (Å²) in [5.74, 6) is 0.573. The van der Waals surface area contributed by atoms with Crippen molar-refractivity contribution in [2.45, 2.75) is 78.2 Å². The lowest BCUT2D eigenvalue weighted by Gasteiger charge is -2.39. The molecule has 6 nitrogen and oxygen atoms in total. The van der Waals surface area contributed by atoms with Crippen molar-refractivity contribution < 1.29 is 14.0 Å². The summed E-state index contributed by atoms with van der Waals surface area (Å²) in [5.41, 5.74) is -0.249. The van der Waals surface area contributed by atoms with Crippen molar-refractivity contribution in [2.75, 3.05) is 13.1 Å². The Labute approximate surface area is 150 Å². The molecule has 0 unspecified atom stereocenters. The van der Waals surface area contributed by atoms with Crippen LogP contribution in [0.15, 0.2) is 4.42 Å². The van der Waals surface area contributed by atoms with Gasteiger partial charge in [-0.3, -0.25) is 9.59 Å². The topological polar surface area (TPSA) is 75.4 Å². The van der Waals surface area contributed by atoms with Crippen molar-refractivity contribution >= 4 is 11.8 Å². The molecule has 2 amide bonds. The van der Waals surface area contributed by atoms with Gasteiger partial charge < -0.3 is 14.6 Å². The number of carbonyl (C=O) groups excluding carboxylic acids is 2. The van der Waals surface area contributed by atoms with Crippen LogP contribution in [0.4, 0.5) is 0 Å². The van der Waals surface area contributed by atoms with Gasteiger partial charge in [-0.05, 0) is 33.6 Å². The van der Waals surface area contributed by atoms with E-state index in [2.05, 4.69) is 10.3 Å². The van der Waals surface area contributed by atoms with E-state index in [-0.39, 0.29) is 23.5 Å². The maximum absolute atomic E-state index is 13.1. The molecular formula is C19H31N3O3. The normalized spacial score (nSPS) is 16.7. The molecule has 2 rings (SSSR count). The quantitative estimate of drug-likeness (QED) is 0.854. The third kappa shape index (κ3) is 4.05. The fourth-order valence-electron chi connectivity index (χ4n) is 3.51. The van der Waals surface area contributed by atoms with Gasteiger partial charge in [0.2, 0.25) is 11.7 Å². The number of carbonyl (C=O) groups is 2. The Hall–Kier alpha value is -1.85. The lowest BCUT2D eigenvalue weighted by atomic mass is 9.80. The van der Waals surface area contributed by atoms with Crippen LogP contribution >= 0.6 is 0 Å². The van der Waals surface area contributed by atoms with Crippen molar-refractivity contribution in [3.05, 3.63) is 17.3 Å². The predicted molar refractivity (Wildman–Crippen MR) is 96.5 cm³/mol. The van der Waals surface area contributed by atoms with Gasteiger partial charge >= 0.3 is 0 Å². The molecule has 25 heavy (non-hydrogen) atoms. The van der Waals surface area contributed by atoms with Crippen LogP contribution < -0.4 is 5.32 Å². The third-order valence-corrected chi connectivity index (χ3v) is 5.03. The summed E-state index contributed by atoms with van der Waals surface area (Å²) >= 11 is 0. The van der Waals surface area contributed by atoms with Crippen molar-refractivity contribution in [2.24, 2.45) is 0 Å². The molecule has 0 bridgehead atoms. The van der Waals surface area contributed by atoms with Crippen LogP contribution in [0.5, 0.6) is 0 Å². The summed E-state index contributed by atoms with van der Waals surface area (Å²) in [4.78, 5) is 32.1. The predicted octanol–water partition coefficient (Wildman–Crippen LogP) is 3.41. The van der Waals surface area contributed by atoms with E-state index in [0.29, 0.717) is 37.5 Å². The molecule has 1 aromatic heterocycles. The van der Waals surface area contributed by atoms with Gasteiger partial charge in [0.25, 0.3) is 5.91 Å². The largest absolute Gasteiger partial charge is 0.435 e. The molecule has 6 heteroatoms. The van der Waals surface area contributed by atoms with Crippen molar-refractivity contribution in [3.8, 4) is 0 Å². The van der Waals surface area contributed by atoms with Gasteiger partial charge in [-0.25, -0.2) is 4.98 Å². The van der Waals surface area contributed by atoms with Crippen LogP contribution in [0, 0.1) is 6.92 Å². The number of nitrogens with zero attached hydrogens (tertiary/aromatic N) is 2. The van der Waals surface area contributed by atoms with Crippen molar-refractivity contribution in [3.63, 3.8) is 0 Å². The Balaban J connectivity index is 2.27.